The van der Waals surface area contributed by atoms with Gasteiger partial charge in [0.15, 0.2) is 0 Å². The molecule has 5 heteroatoms. The third-order valence-electron chi connectivity index (χ3n) is 0.393. The van der Waals surface area contributed by atoms with E-state index in [0.29, 0.717) is 0 Å². The fraction of sp³-hybridized carbons (Fsp3) is 1.00. The average molecular weight is 258 g/mol. The van der Waals surface area contributed by atoms with Crippen LogP contribution < -0.4 is 0 Å². The Balaban J connectivity index is 4.07. The molecule has 0 saturated carbocycles. The van der Waals surface area contributed by atoms with E-state index in [1.165, 1.54) is 22.8 Å². The Morgan fingerprint density at radius 1 is 0.889 bits per heavy atom. The van der Waals surface area contributed by atoms with Crippen molar-refractivity contribution < 1.29 is 10.2 Å². The Labute approximate surface area is 60.8 Å². The van der Waals surface area contributed by atoms with Crippen molar-refractivity contribution >= 4 is 27.7 Å². The SMILES string of the molecule is C[As](C)(=O)O[As](C)(C)=O. The van der Waals surface area contributed by atoms with E-state index in [0.717, 1.165) is 0 Å². The molecule has 0 heterocycles. The molecule has 9 heavy (non-hydrogen) atoms. The monoisotopic (exact) mass is 258 g/mol. The van der Waals surface area contributed by atoms with Crippen molar-refractivity contribution in [3.8, 4) is 0 Å². The summed E-state index contributed by atoms with van der Waals surface area (Å²) in [4.78, 5) is 0. The van der Waals surface area contributed by atoms with E-state index in [2.05, 4.69) is 0 Å². The molecular weight excluding hydrogens is 246 g/mol. The summed E-state index contributed by atoms with van der Waals surface area (Å²) in [6.45, 7) is 0. The van der Waals surface area contributed by atoms with Gasteiger partial charge in [0.2, 0.25) is 0 Å². The molecule has 0 aromatic heterocycles. The first-order chi connectivity index (χ1) is 3.71. The third-order valence-corrected chi connectivity index (χ3v) is 10.6. The van der Waals surface area contributed by atoms with E-state index in [9.17, 15) is 7.48 Å². The van der Waals surface area contributed by atoms with Gasteiger partial charge in [-0.2, -0.15) is 0 Å². The Morgan fingerprint density at radius 2 is 1.11 bits per heavy atom. The van der Waals surface area contributed by atoms with Gasteiger partial charge < -0.3 is 0 Å². The van der Waals surface area contributed by atoms with Crippen LogP contribution >= 0.6 is 0 Å². The molecule has 56 valence electrons. The van der Waals surface area contributed by atoms with E-state index in [4.69, 9.17) is 2.72 Å². The Morgan fingerprint density at radius 3 is 1.11 bits per heavy atom. The van der Waals surface area contributed by atoms with Crippen molar-refractivity contribution in [3.05, 3.63) is 0 Å². The molecule has 0 aromatic rings. The van der Waals surface area contributed by atoms with Gasteiger partial charge in [-0.15, -0.1) is 0 Å². The molecular formula is C4H12As2O3. The van der Waals surface area contributed by atoms with Gasteiger partial charge in [-0.3, -0.25) is 0 Å². The molecule has 0 atom stereocenters. The van der Waals surface area contributed by atoms with Crippen LogP contribution in [0.1, 0.15) is 0 Å². The van der Waals surface area contributed by atoms with E-state index < -0.39 is 27.7 Å². The fourth-order valence-electron chi connectivity index (χ4n) is 0.474. The summed E-state index contributed by atoms with van der Waals surface area (Å²) in [6, 6.07) is 0. The second-order valence-electron chi connectivity index (χ2n) is 2.59. The van der Waals surface area contributed by atoms with E-state index in [1.54, 1.807) is 0 Å². The van der Waals surface area contributed by atoms with Crippen molar-refractivity contribution in [2.45, 2.75) is 22.8 Å². The van der Waals surface area contributed by atoms with Crippen LogP contribution in [0, 0.1) is 0 Å². The quantitative estimate of drug-likeness (QED) is 0.700. The number of rotatable bonds is 2. The first kappa shape index (κ1) is 9.68. The summed E-state index contributed by atoms with van der Waals surface area (Å²) >= 11 is -6.16. The molecule has 0 unspecified atom stereocenters. The molecule has 0 radical (unpaired) electrons. The van der Waals surface area contributed by atoms with Crippen LogP contribution in [0.2, 0.25) is 22.8 Å². The predicted molar refractivity (Wildman–Crippen MR) is 37.4 cm³/mol. The van der Waals surface area contributed by atoms with Gasteiger partial charge in [-0.05, 0) is 0 Å². The van der Waals surface area contributed by atoms with Crippen molar-refractivity contribution in [1.29, 1.82) is 0 Å². The Kier molecular flexibility index (Phi) is 2.94. The van der Waals surface area contributed by atoms with Gasteiger partial charge in [0, 0.05) is 0 Å². The molecule has 0 bridgehead atoms. The maximum atomic E-state index is 10.9. The van der Waals surface area contributed by atoms with Crippen LogP contribution in [0.25, 0.3) is 0 Å². The van der Waals surface area contributed by atoms with Crippen LogP contribution in [-0.4, -0.2) is 27.7 Å². The molecule has 0 rings (SSSR count). The van der Waals surface area contributed by atoms with Gasteiger partial charge in [-0.1, -0.05) is 0 Å². The fourth-order valence-corrected chi connectivity index (χ4v) is 12.8. The van der Waals surface area contributed by atoms with Crippen LogP contribution in [-0.2, 0) is 10.2 Å². The molecule has 0 saturated heterocycles. The van der Waals surface area contributed by atoms with Crippen LogP contribution in [0.3, 0.4) is 0 Å². The summed E-state index contributed by atoms with van der Waals surface area (Å²) in [6.07, 6.45) is 0. The minimum absolute atomic E-state index is 1.53. The van der Waals surface area contributed by atoms with Crippen LogP contribution in [0.4, 0.5) is 0 Å². The summed E-state index contributed by atoms with van der Waals surface area (Å²) in [5.41, 5.74) is 6.11. The second kappa shape index (κ2) is 2.73. The van der Waals surface area contributed by atoms with Crippen molar-refractivity contribution in [3.63, 3.8) is 0 Å². The van der Waals surface area contributed by atoms with Gasteiger partial charge in [-0.25, -0.2) is 0 Å². The summed E-state index contributed by atoms with van der Waals surface area (Å²) in [5.74, 6) is 0. The van der Waals surface area contributed by atoms with Crippen LogP contribution in [0.15, 0.2) is 0 Å². The zero-order chi connectivity index (χ0) is 7.71. The molecule has 0 fully saturated rings. The molecule has 0 aliphatic rings. The summed E-state index contributed by atoms with van der Waals surface area (Å²) < 4.78 is 26.7. The average Bonchev–Trinajstić information content (AvgIpc) is 1.14. The van der Waals surface area contributed by atoms with E-state index in [1.807, 2.05) is 0 Å². The van der Waals surface area contributed by atoms with Gasteiger partial charge in [0.05, 0.1) is 0 Å². The van der Waals surface area contributed by atoms with E-state index >= 15 is 0 Å². The third kappa shape index (κ3) is 8.68. The van der Waals surface area contributed by atoms with Crippen molar-refractivity contribution in [2.24, 2.45) is 0 Å². The van der Waals surface area contributed by atoms with Crippen molar-refractivity contribution in [2.75, 3.05) is 0 Å². The molecule has 0 amide bonds. The van der Waals surface area contributed by atoms with Gasteiger partial charge in [0.1, 0.15) is 0 Å². The Hall–Kier alpha value is 0.677. The van der Waals surface area contributed by atoms with Gasteiger partial charge >= 0.3 is 60.7 Å². The first-order valence-electron chi connectivity index (χ1n) is 2.52. The molecule has 0 aliphatic carbocycles. The zero-order valence-corrected chi connectivity index (χ0v) is 9.87. The number of hydrogen-bond donors (Lipinski definition) is 0. The first-order valence-corrected chi connectivity index (χ1v) is 13.1. The maximum absolute atomic E-state index is 10.9. The Bertz CT molecular complexity index is 154. The molecule has 0 N–H and O–H groups in total. The standard InChI is InChI=1S/C4H12As2O3/c1-5(2,7)9-6(3,4)8/h1-4H3. The normalized spacial score (nSPS) is 13.8. The topological polar surface area (TPSA) is 43.4 Å². The minimum atomic E-state index is -3.08. The summed E-state index contributed by atoms with van der Waals surface area (Å²) in [5, 5.41) is 0. The van der Waals surface area contributed by atoms with E-state index in [-0.39, 0.29) is 0 Å². The van der Waals surface area contributed by atoms with Gasteiger partial charge in [0.25, 0.3) is 0 Å². The van der Waals surface area contributed by atoms with Crippen molar-refractivity contribution in [1.82, 2.24) is 0 Å². The molecule has 3 nitrogen and oxygen atoms in total. The zero-order valence-electron chi connectivity index (χ0n) is 6.12. The molecule has 0 aliphatic heterocycles. The predicted octanol–water partition coefficient (Wildman–Crippen LogP) is 1.27. The molecule has 0 aromatic carbocycles. The number of hydrogen-bond acceptors (Lipinski definition) is 3. The summed E-state index contributed by atoms with van der Waals surface area (Å²) in [7, 11) is 0. The second-order valence-corrected chi connectivity index (χ2v) is 15.2. The molecule has 0 spiro atoms. The van der Waals surface area contributed by atoms with Crippen LogP contribution in [0.5, 0.6) is 0 Å².